The first kappa shape index (κ1) is 17.0. The van der Waals surface area contributed by atoms with Crippen molar-refractivity contribution in [3.8, 4) is 0 Å². The number of hydrazine groups is 1. The van der Waals surface area contributed by atoms with Crippen LogP contribution in [-0.4, -0.2) is 11.4 Å². The van der Waals surface area contributed by atoms with E-state index in [0.29, 0.717) is 5.56 Å². The lowest BCUT2D eigenvalue weighted by atomic mass is 10.2. The van der Waals surface area contributed by atoms with Crippen LogP contribution in [0.15, 0.2) is 61.7 Å². The van der Waals surface area contributed by atoms with Gasteiger partial charge in [0.2, 0.25) is 10.9 Å². The summed E-state index contributed by atoms with van der Waals surface area (Å²) in [6, 6.07) is 7.76. The number of nitrogens with one attached hydrogen (secondary N) is 1. The normalized spacial score (nSPS) is 9.50. The topological polar surface area (TPSA) is 151 Å². The molecule has 1 heterocycles. The number of hydrogen-bond acceptors (Lipinski definition) is 6. The maximum atomic E-state index is 11.0. The van der Waals surface area contributed by atoms with Crippen molar-refractivity contribution < 1.29 is 14.7 Å². The number of nitrogen functional groups attached to an aromatic ring is 1. The highest BCUT2D eigenvalue weighted by Gasteiger charge is 2.09. The van der Waals surface area contributed by atoms with Crippen LogP contribution in [0.4, 0.5) is 0 Å². The number of hydrogen-bond donors (Lipinski definition) is 2. The molecule has 3 rings (SSSR count). The lowest BCUT2D eigenvalue weighted by molar-refractivity contribution is 0.0953. The Labute approximate surface area is 122 Å². The van der Waals surface area contributed by atoms with Gasteiger partial charge in [0.15, 0.2) is 0 Å². The molecule has 3 aromatic rings. The zero-order valence-corrected chi connectivity index (χ0v) is 11.2. The first-order chi connectivity index (χ1) is 10.1. The first-order valence-electron chi connectivity index (χ1n) is 5.81. The Morgan fingerprint density at radius 2 is 1.50 bits per heavy atom. The second kappa shape index (κ2) is 7.07. The standard InChI is InChI=1S/C9H4O3.C5H6N2O2.H2O/c10-7-5-3-1-2-4-6(5)8(11)9(7)12;6-7-5(8)4-1-2-9-3-4;/h1-4H;1-3H,6H2,(H,7,8);1H2. The van der Waals surface area contributed by atoms with Gasteiger partial charge in [-0.05, 0) is 6.07 Å². The Morgan fingerprint density at radius 1 is 0.955 bits per heavy atom. The fraction of sp³-hybridized carbons (Fsp3) is 0. The van der Waals surface area contributed by atoms with Crippen LogP contribution in [0.25, 0.3) is 10.8 Å². The summed E-state index contributed by atoms with van der Waals surface area (Å²) < 4.78 is 4.62. The van der Waals surface area contributed by atoms with E-state index in [2.05, 4.69) is 4.42 Å². The number of fused-ring (bicyclic) bond motifs is 1. The van der Waals surface area contributed by atoms with Crippen LogP contribution >= 0.6 is 0 Å². The highest BCUT2D eigenvalue weighted by molar-refractivity contribution is 5.93. The Morgan fingerprint density at radius 3 is 1.91 bits per heavy atom. The number of rotatable bonds is 1. The van der Waals surface area contributed by atoms with E-state index in [0.717, 1.165) is 0 Å². The molecule has 8 heteroatoms. The van der Waals surface area contributed by atoms with Crippen LogP contribution in [-0.2, 0) is 0 Å². The number of nitrogens with two attached hydrogens (primary N) is 1. The van der Waals surface area contributed by atoms with E-state index >= 15 is 0 Å². The molecule has 0 aliphatic heterocycles. The third-order valence-electron chi connectivity index (χ3n) is 2.74. The molecule has 0 aliphatic rings. The van der Waals surface area contributed by atoms with Crippen molar-refractivity contribution in [1.29, 1.82) is 0 Å². The van der Waals surface area contributed by atoms with Gasteiger partial charge in [-0.3, -0.25) is 24.6 Å². The molecular formula is C14H12N2O6. The van der Waals surface area contributed by atoms with Gasteiger partial charge in [-0.25, -0.2) is 5.84 Å². The molecule has 1 amide bonds. The molecule has 0 radical (unpaired) electrons. The quantitative estimate of drug-likeness (QED) is 0.251. The summed E-state index contributed by atoms with van der Waals surface area (Å²) in [5.74, 6) is 4.48. The first-order valence-corrected chi connectivity index (χ1v) is 5.81. The van der Waals surface area contributed by atoms with Gasteiger partial charge in [0, 0.05) is 10.8 Å². The van der Waals surface area contributed by atoms with Gasteiger partial charge in [-0.2, -0.15) is 0 Å². The molecule has 0 saturated carbocycles. The van der Waals surface area contributed by atoms with Crippen molar-refractivity contribution >= 4 is 16.7 Å². The molecule has 114 valence electrons. The van der Waals surface area contributed by atoms with E-state index in [1.54, 1.807) is 12.1 Å². The van der Waals surface area contributed by atoms with Gasteiger partial charge in [0.25, 0.3) is 11.3 Å². The molecule has 1 aromatic heterocycles. The summed E-state index contributed by atoms with van der Waals surface area (Å²) in [7, 11) is 0. The second-order valence-electron chi connectivity index (χ2n) is 4.02. The van der Waals surface area contributed by atoms with Crippen LogP contribution < -0.4 is 27.6 Å². The van der Waals surface area contributed by atoms with Crippen LogP contribution in [0.3, 0.4) is 0 Å². The summed E-state index contributed by atoms with van der Waals surface area (Å²) in [4.78, 5) is 43.5. The minimum atomic E-state index is -0.920. The van der Waals surface area contributed by atoms with Crippen molar-refractivity contribution in [3.63, 3.8) is 0 Å². The Hall–Kier alpha value is -3.10. The van der Waals surface area contributed by atoms with Gasteiger partial charge in [-0.1, -0.05) is 24.3 Å². The maximum Gasteiger partial charge on any atom is 0.273 e. The van der Waals surface area contributed by atoms with Crippen LogP contribution in [0.1, 0.15) is 10.4 Å². The van der Waals surface area contributed by atoms with Crippen LogP contribution in [0.2, 0.25) is 0 Å². The monoisotopic (exact) mass is 304 g/mol. The smallest absolute Gasteiger partial charge is 0.273 e. The number of furan rings is 1. The Kier molecular flexibility index (Phi) is 5.44. The van der Waals surface area contributed by atoms with E-state index < -0.39 is 16.3 Å². The Bertz CT molecular complexity index is 857. The van der Waals surface area contributed by atoms with Crippen LogP contribution in [0, 0.1) is 0 Å². The number of carbonyl (C=O) groups excluding carboxylic acids is 1. The summed E-state index contributed by atoms with van der Waals surface area (Å²) in [5.41, 5.74) is 0.107. The summed E-state index contributed by atoms with van der Waals surface area (Å²) in [5, 5.41) is 0.458. The van der Waals surface area contributed by atoms with Gasteiger partial charge in [0.05, 0.1) is 11.8 Å². The third kappa shape index (κ3) is 3.14. The molecule has 22 heavy (non-hydrogen) atoms. The molecule has 0 bridgehead atoms. The van der Waals surface area contributed by atoms with E-state index in [-0.39, 0.29) is 22.2 Å². The fourth-order valence-electron chi connectivity index (χ4n) is 1.70. The number of amides is 1. The average Bonchev–Trinajstić information content (AvgIpc) is 3.13. The van der Waals surface area contributed by atoms with Crippen molar-refractivity contribution in [3.05, 3.63) is 79.1 Å². The minimum Gasteiger partial charge on any atom is -0.472 e. The average molecular weight is 304 g/mol. The zero-order valence-electron chi connectivity index (χ0n) is 11.2. The van der Waals surface area contributed by atoms with Gasteiger partial charge in [-0.15, -0.1) is 0 Å². The highest BCUT2D eigenvalue weighted by Crippen LogP contribution is 2.01. The molecule has 5 N–H and O–H groups in total. The van der Waals surface area contributed by atoms with E-state index in [1.165, 1.54) is 30.7 Å². The molecule has 0 spiro atoms. The molecular weight excluding hydrogens is 292 g/mol. The molecule has 8 nitrogen and oxygen atoms in total. The van der Waals surface area contributed by atoms with Crippen molar-refractivity contribution in [2.45, 2.75) is 0 Å². The van der Waals surface area contributed by atoms with Crippen molar-refractivity contribution in [2.24, 2.45) is 5.84 Å². The Balaban J connectivity index is 0.000000219. The number of benzene rings is 1. The summed E-state index contributed by atoms with van der Waals surface area (Å²) in [6.45, 7) is 0. The van der Waals surface area contributed by atoms with Crippen molar-refractivity contribution in [1.82, 2.24) is 5.43 Å². The minimum absolute atomic E-state index is 0. The fourth-order valence-corrected chi connectivity index (χ4v) is 1.70. The molecule has 0 unspecified atom stereocenters. The summed E-state index contributed by atoms with van der Waals surface area (Å²) in [6.07, 6.45) is 2.73. The SMILES string of the molecule is NNC(=O)c1ccoc1.O.O=c1c(=O)c2ccccc2c1=O. The lowest BCUT2D eigenvalue weighted by Crippen LogP contribution is -2.29. The molecule has 0 saturated heterocycles. The lowest BCUT2D eigenvalue weighted by Gasteiger charge is -1.89. The van der Waals surface area contributed by atoms with Gasteiger partial charge >= 0.3 is 0 Å². The molecule has 0 atom stereocenters. The molecule has 2 aromatic carbocycles. The predicted molar refractivity (Wildman–Crippen MR) is 79.1 cm³/mol. The van der Waals surface area contributed by atoms with E-state index in [4.69, 9.17) is 5.84 Å². The van der Waals surface area contributed by atoms with Gasteiger partial charge in [0.1, 0.15) is 6.26 Å². The second-order valence-corrected chi connectivity index (χ2v) is 4.02. The van der Waals surface area contributed by atoms with E-state index in [9.17, 15) is 19.2 Å². The van der Waals surface area contributed by atoms with Gasteiger partial charge < -0.3 is 9.89 Å². The van der Waals surface area contributed by atoms with Crippen molar-refractivity contribution in [2.75, 3.05) is 0 Å². The third-order valence-corrected chi connectivity index (χ3v) is 2.74. The predicted octanol–water partition coefficient (Wildman–Crippen LogP) is -1.15. The number of carbonyl (C=O) groups is 1. The summed E-state index contributed by atoms with van der Waals surface area (Å²) >= 11 is 0. The largest absolute Gasteiger partial charge is 0.472 e. The maximum absolute atomic E-state index is 11.0. The molecule has 0 fully saturated rings. The zero-order chi connectivity index (χ0) is 15.4. The van der Waals surface area contributed by atoms with E-state index in [1.807, 2.05) is 5.43 Å². The highest BCUT2D eigenvalue weighted by atomic mass is 16.3. The van der Waals surface area contributed by atoms with Crippen LogP contribution in [0.5, 0.6) is 0 Å². The molecule has 0 aliphatic carbocycles.